The molecule has 0 nitrogen and oxygen atoms in total. The van der Waals surface area contributed by atoms with Crippen LogP contribution in [-0.2, 0) is 10.8 Å². The zero-order chi connectivity index (χ0) is 27.2. The maximum absolute atomic E-state index is 2.55. The molecule has 0 aromatic heterocycles. The monoisotopic (exact) mass is 528 g/mol. The predicted molar refractivity (Wildman–Crippen MR) is 171 cm³/mol. The molecule has 0 amide bonds. The topological polar surface area (TPSA) is 0 Å². The van der Waals surface area contributed by atoms with Gasteiger partial charge in [-0.1, -0.05) is 111 Å². The molecule has 0 unspecified atom stereocenters. The van der Waals surface area contributed by atoms with Crippen LogP contribution in [0.2, 0.25) is 0 Å². The molecule has 4 aliphatic rings. The highest BCUT2D eigenvalue weighted by Crippen LogP contribution is 2.58. The van der Waals surface area contributed by atoms with E-state index >= 15 is 0 Å². The zero-order valence-corrected chi connectivity index (χ0v) is 24.0. The molecule has 0 heteroatoms. The summed E-state index contributed by atoms with van der Waals surface area (Å²) in [4.78, 5) is 0. The van der Waals surface area contributed by atoms with Crippen molar-refractivity contribution in [3.05, 3.63) is 131 Å². The van der Waals surface area contributed by atoms with E-state index in [2.05, 4.69) is 110 Å². The average Bonchev–Trinajstić information content (AvgIpc) is 3.81. The van der Waals surface area contributed by atoms with E-state index in [9.17, 15) is 0 Å². The molecule has 0 bridgehead atoms. The molecular weight excluding hydrogens is 492 g/mol. The second-order valence-electron chi connectivity index (χ2n) is 13.3. The molecule has 5 aromatic rings. The Kier molecular flexibility index (Phi) is 4.96. The maximum Gasteiger partial charge on any atom is 0.0215 e. The largest absolute Gasteiger partial charge is 0.0619 e. The molecule has 5 aromatic carbocycles. The van der Waals surface area contributed by atoms with Crippen LogP contribution in [0.5, 0.6) is 0 Å². The molecule has 0 radical (unpaired) electrons. The minimum Gasteiger partial charge on any atom is -0.0619 e. The fourth-order valence-corrected chi connectivity index (χ4v) is 9.42. The molecule has 41 heavy (non-hydrogen) atoms. The summed E-state index contributed by atoms with van der Waals surface area (Å²) in [6, 6.07) is 40.3. The van der Waals surface area contributed by atoms with Crippen LogP contribution in [-0.4, -0.2) is 0 Å². The van der Waals surface area contributed by atoms with E-state index in [1.807, 2.05) is 0 Å². The number of rotatable bonds is 2. The van der Waals surface area contributed by atoms with Gasteiger partial charge in [-0.05, 0) is 123 Å². The minimum atomic E-state index is 0.208. The van der Waals surface area contributed by atoms with Crippen LogP contribution in [0, 0.1) is 6.92 Å². The number of benzene rings is 5. The summed E-state index contributed by atoms with van der Waals surface area (Å²) < 4.78 is 0. The normalized spacial score (nSPS) is 18.5. The fourth-order valence-electron chi connectivity index (χ4n) is 9.42. The van der Waals surface area contributed by atoms with E-state index in [4.69, 9.17) is 0 Å². The summed E-state index contributed by atoms with van der Waals surface area (Å²) in [6.45, 7) is 2.26. The summed E-state index contributed by atoms with van der Waals surface area (Å²) in [5.74, 6) is 0. The lowest BCUT2D eigenvalue weighted by molar-refractivity contribution is 0.550. The lowest BCUT2D eigenvalue weighted by Crippen LogP contribution is -2.20. The third-order valence-corrected chi connectivity index (χ3v) is 11.2. The van der Waals surface area contributed by atoms with Gasteiger partial charge in [0.15, 0.2) is 0 Å². The minimum absolute atomic E-state index is 0.208. The first-order chi connectivity index (χ1) is 20.2. The Balaban J connectivity index is 1.16. The molecule has 2 fully saturated rings. The molecule has 2 spiro atoms. The smallest absolute Gasteiger partial charge is 0.0215 e. The SMILES string of the molecule is Cc1cc(-c2ccc3c(c2)C2(CCCC2)c2ccccc2-3)cc(-c2ccc3c(c2)C2(CCCC2)c2ccccc2-3)c1. The Bertz CT molecular complexity index is 1720. The first-order valence-electron chi connectivity index (χ1n) is 15.8. The van der Waals surface area contributed by atoms with Gasteiger partial charge in [0.05, 0.1) is 0 Å². The third kappa shape index (κ3) is 3.22. The summed E-state index contributed by atoms with van der Waals surface area (Å²) in [5, 5.41) is 0. The van der Waals surface area contributed by atoms with Crippen LogP contribution in [0.15, 0.2) is 103 Å². The summed E-state index contributed by atoms with van der Waals surface area (Å²) in [7, 11) is 0. The Morgan fingerprint density at radius 1 is 0.390 bits per heavy atom. The Morgan fingerprint density at radius 2 is 0.805 bits per heavy atom. The van der Waals surface area contributed by atoms with Gasteiger partial charge in [0, 0.05) is 10.8 Å². The fraction of sp³-hybridized carbons (Fsp3) is 0.268. The number of hydrogen-bond acceptors (Lipinski definition) is 0. The molecule has 0 N–H and O–H groups in total. The predicted octanol–water partition coefficient (Wildman–Crippen LogP) is 11.0. The molecule has 2 saturated carbocycles. The summed E-state index contributed by atoms with van der Waals surface area (Å²) in [5.41, 5.74) is 19.2. The van der Waals surface area contributed by atoms with Crippen molar-refractivity contribution >= 4 is 0 Å². The van der Waals surface area contributed by atoms with Gasteiger partial charge in [-0.15, -0.1) is 0 Å². The van der Waals surface area contributed by atoms with Gasteiger partial charge in [-0.2, -0.15) is 0 Å². The van der Waals surface area contributed by atoms with E-state index < -0.39 is 0 Å². The molecule has 4 aliphatic carbocycles. The molecule has 0 atom stereocenters. The maximum atomic E-state index is 2.55. The van der Waals surface area contributed by atoms with Crippen molar-refractivity contribution < 1.29 is 0 Å². The number of aryl methyl sites for hydroxylation is 1. The van der Waals surface area contributed by atoms with Crippen molar-refractivity contribution in [1.29, 1.82) is 0 Å². The van der Waals surface area contributed by atoms with Gasteiger partial charge in [-0.25, -0.2) is 0 Å². The summed E-state index contributed by atoms with van der Waals surface area (Å²) >= 11 is 0. The van der Waals surface area contributed by atoms with E-state index in [0.29, 0.717) is 0 Å². The zero-order valence-electron chi connectivity index (χ0n) is 24.0. The van der Waals surface area contributed by atoms with Gasteiger partial charge in [-0.3, -0.25) is 0 Å². The van der Waals surface area contributed by atoms with Gasteiger partial charge in [0.1, 0.15) is 0 Å². The molecule has 200 valence electrons. The van der Waals surface area contributed by atoms with E-state index in [1.165, 1.54) is 101 Å². The van der Waals surface area contributed by atoms with E-state index in [-0.39, 0.29) is 10.8 Å². The Morgan fingerprint density at radius 3 is 1.27 bits per heavy atom. The lowest BCUT2D eigenvalue weighted by Gasteiger charge is -2.27. The average molecular weight is 529 g/mol. The number of hydrogen-bond donors (Lipinski definition) is 0. The number of fused-ring (bicyclic) bond motifs is 10. The first-order valence-corrected chi connectivity index (χ1v) is 15.8. The van der Waals surface area contributed by atoms with Gasteiger partial charge in [0.25, 0.3) is 0 Å². The van der Waals surface area contributed by atoms with Gasteiger partial charge < -0.3 is 0 Å². The molecule has 0 aliphatic heterocycles. The molecule has 0 heterocycles. The highest BCUT2D eigenvalue weighted by atomic mass is 14.5. The van der Waals surface area contributed by atoms with Crippen LogP contribution < -0.4 is 0 Å². The standard InChI is InChI=1S/C41H36/c1-27-22-30(28-14-16-34-32-10-2-4-12-36(32)40(38(34)25-28)18-6-7-19-40)24-31(23-27)29-15-17-35-33-11-3-5-13-37(33)41(39(35)26-29)20-8-9-21-41/h2-5,10-17,22-26H,6-9,18-21H2,1H3. The van der Waals surface area contributed by atoms with Crippen LogP contribution in [0.3, 0.4) is 0 Å². The molecule has 9 rings (SSSR count). The second kappa shape index (κ2) is 8.56. The highest BCUT2D eigenvalue weighted by molar-refractivity contribution is 5.87. The first kappa shape index (κ1) is 23.8. The van der Waals surface area contributed by atoms with Crippen molar-refractivity contribution in [1.82, 2.24) is 0 Å². The lowest BCUT2D eigenvalue weighted by atomic mass is 9.76. The Labute approximate surface area is 244 Å². The van der Waals surface area contributed by atoms with Crippen LogP contribution in [0.25, 0.3) is 44.5 Å². The molecular formula is C41H36. The van der Waals surface area contributed by atoms with Crippen LogP contribution >= 0.6 is 0 Å². The van der Waals surface area contributed by atoms with Crippen LogP contribution in [0.1, 0.15) is 79.2 Å². The quantitative estimate of drug-likeness (QED) is 0.214. The van der Waals surface area contributed by atoms with Crippen LogP contribution in [0.4, 0.5) is 0 Å². The second-order valence-corrected chi connectivity index (χ2v) is 13.3. The van der Waals surface area contributed by atoms with Crippen molar-refractivity contribution in [3.63, 3.8) is 0 Å². The van der Waals surface area contributed by atoms with Gasteiger partial charge in [0.2, 0.25) is 0 Å². The highest BCUT2D eigenvalue weighted by Gasteiger charge is 2.46. The van der Waals surface area contributed by atoms with E-state index in [1.54, 1.807) is 22.3 Å². The van der Waals surface area contributed by atoms with Crippen molar-refractivity contribution in [3.8, 4) is 44.5 Å². The van der Waals surface area contributed by atoms with Gasteiger partial charge >= 0.3 is 0 Å². The van der Waals surface area contributed by atoms with Crippen molar-refractivity contribution in [2.75, 3.05) is 0 Å². The van der Waals surface area contributed by atoms with Crippen molar-refractivity contribution in [2.24, 2.45) is 0 Å². The van der Waals surface area contributed by atoms with Crippen molar-refractivity contribution in [2.45, 2.75) is 69.1 Å². The third-order valence-electron chi connectivity index (χ3n) is 11.2. The van der Waals surface area contributed by atoms with E-state index in [0.717, 1.165) is 0 Å². The molecule has 0 saturated heterocycles. The summed E-state index contributed by atoms with van der Waals surface area (Å²) in [6.07, 6.45) is 10.4. The Hall–Kier alpha value is -3.90.